The second-order valence-corrected chi connectivity index (χ2v) is 5.46. The highest BCUT2D eigenvalue weighted by molar-refractivity contribution is 7.80. The van der Waals surface area contributed by atoms with Crippen molar-refractivity contribution in [3.8, 4) is 11.5 Å². The summed E-state index contributed by atoms with van der Waals surface area (Å²) in [5.41, 5.74) is 0.636. The molecule has 2 rings (SSSR count). The molecular formula is C16H15N3O5S. The third-order valence-electron chi connectivity index (χ3n) is 3.35. The van der Waals surface area contributed by atoms with Crippen molar-refractivity contribution in [3.63, 3.8) is 0 Å². The highest BCUT2D eigenvalue weighted by atomic mass is 32.1. The van der Waals surface area contributed by atoms with E-state index in [4.69, 9.17) is 17.0 Å². The fourth-order valence-electron chi connectivity index (χ4n) is 2.02. The quantitative estimate of drug-likeness (QED) is 0.332. The first kappa shape index (κ1) is 18.1. The molecule has 0 fully saturated rings. The molecular weight excluding hydrogens is 346 g/mol. The number of hydrogen-bond donors (Lipinski definition) is 3. The molecule has 9 heteroatoms. The van der Waals surface area contributed by atoms with Gasteiger partial charge < -0.3 is 15.2 Å². The molecule has 0 aliphatic rings. The van der Waals surface area contributed by atoms with Crippen molar-refractivity contribution >= 4 is 34.6 Å². The summed E-state index contributed by atoms with van der Waals surface area (Å²) in [6.07, 6.45) is 0. The molecule has 130 valence electrons. The number of nitrogens with zero attached hydrogens (tertiary/aromatic N) is 1. The van der Waals surface area contributed by atoms with Gasteiger partial charge in [-0.05, 0) is 37.3 Å². The van der Waals surface area contributed by atoms with Gasteiger partial charge in [-0.1, -0.05) is 6.07 Å². The Bertz CT molecular complexity index is 854. The Hall–Kier alpha value is -3.20. The van der Waals surface area contributed by atoms with E-state index < -0.39 is 10.8 Å². The van der Waals surface area contributed by atoms with Gasteiger partial charge in [0.1, 0.15) is 11.5 Å². The second-order valence-electron chi connectivity index (χ2n) is 5.05. The summed E-state index contributed by atoms with van der Waals surface area (Å²) in [6.45, 7) is 1.58. The molecule has 0 aliphatic heterocycles. The number of methoxy groups -OCH3 is 1. The number of thiocarbonyl (C=S) groups is 1. The average Bonchev–Trinajstić information content (AvgIpc) is 2.56. The van der Waals surface area contributed by atoms with E-state index in [0.717, 1.165) is 0 Å². The van der Waals surface area contributed by atoms with Crippen LogP contribution in [0.2, 0.25) is 0 Å². The first-order chi connectivity index (χ1) is 11.8. The molecule has 0 saturated carbocycles. The van der Waals surface area contributed by atoms with Gasteiger partial charge >= 0.3 is 0 Å². The van der Waals surface area contributed by atoms with Gasteiger partial charge in [0.05, 0.1) is 17.7 Å². The van der Waals surface area contributed by atoms with E-state index in [1.807, 2.05) is 0 Å². The molecule has 2 aromatic rings. The Balaban J connectivity index is 2.12. The standard InChI is InChI=1S/C16H15N3O5S/c1-9-3-4-10(7-13(9)19(22)23)15(21)18-16(25)17-12-8-11(24-2)5-6-14(12)20/h3-8,20H,1-2H3,(H2,17,18,21,25). The molecule has 2 aromatic carbocycles. The molecule has 0 unspecified atom stereocenters. The lowest BCUT2D eigenvalue weighted by molar-refractivity contribution is -0.385. The van der Waals surface area contributed by atoms with Gasteiger partial charge in [-0.15, -0.1) is 0 Å². The van der Waals surface area contributed by atoms with Crippen LogP contribution in [0.25, 0.3) is 0 Å². The van der Waals surface area contributed by atoms with Crippen LogP contribution in [-0.2, 0) is 0 Å². The van der Waals surface area contributed by atoms with Crippen molar-refractivity contribution in [2.75, 3.05) is 12.4 Å². The second kappa shape index (κ2) is 7.58. The molecule has 25 heavy (non-hydrogen) atoms. The van der Waals surface area contributed by atoms with Crippen molar-refractivity contribution in [3.05, 3.63) is 57.6 Å². The molecule has 0 aliphatic carbocycles. The zero-order valence-electron chi connectivity index (χ0n) is 13.4. The number of carbonyl (C=O) groups is 1. The van der Waals surface area contributed by atoms with Crippen molar-refractivity contribution in [2.24, 2.45) is 0 Å². The molecule has 8 nitrogen and oxygen atoms in total. The summed E-state index contributed by atoms with van der Waals surface area (Å²) >= 11 is 5.03. The SMILES string of the molecule is COc1ccc(O)c(NC(=S)NC(=O)c2ccc(C)c([N+](=O)[O-])c2)c1. The Labute approximate surface area is 148 Å². The minimum atomic E-state index is -0.608. The van der Waals surface area contributed by atoms with Gasteiger partial charge in [-0.25, -0.2) is 0 Å². The van der Waals surface area contributed by atoms with Crippen LogP contribution in [0.15, 0.2) is 36.4 Å². The predicted octanol–water partition coefficient (Wildman–Crippen LogP) is 2.74. The lowest BCUT2D eigenvalue weighted by Crippen LogP contribution is -2.34. The minimum absolute atomic E-state index is 0.0724. The minimum Gasteiger partial charge on any atom is -0.506 e. The van der Waals surface area contributed by atoms with E-state index in [-0.39, 0.29) is 27.8 Å². The number of phenolic OH excluding ortho intramolecular Hbond substituents is 1. The predicted molar refractivity (Wildman–Crippen MR) is 96.2 cm³/mol. The van der Waals surface area contributed by atoms with Gasteiger partial charge in [-0.3, -0.25) is 20.2 Å². The topological polar surface area (TPSA) is 114 Å². The van der Waals surface area contributed by atoms with Crippen LogP contribution < -0.4 is 15.4 Å². The zero-order chi connectivity index (χ0) is 18.6. The zero-order valence-corrected chi connectivity index (χ0v) is 14.2. The summed E-state index contributed by atoms with van der Waals surface area (Å²) in [6, 6.07) is 8.60. The Morgan fingerprint density at radius 1 is 1.28 bits per heavy atom. The van der Waals surface area contributed by atoms with Gasteiger partial charge in [0.25, 0.3) is 11.6 Å². The van der Waals surface area contributed by atoms with Crippen LogP contribution in [-0.4, -0.2) is 28.2 Å². The number of carbonyl (C=O) groups excluding carboxylic acids is 1. The number of aromatic hydroxyl groups is 1. The van der Waals surface area contributed by atoms with Crippen LogP contribution in [0.4, 0.5) is 11.4 Å². The number of aryl methyl sites for hydroxylation is 1. The molecule has 0 spiro atoms. The van der Waals surface area contributed by atoms with Crippen molar-refractivity contribution < 1.29 is 19.6 Å². The van der Waals surface area contributed by atoms with Gasteiger partial charge in [-0.2, -0.15) is 0 Å². The lowest BCUT2D eigenvalue weighted by atomic mass is 10.1. The average molecular weight is 361 g/mol. The van der Waals surface area contributed by atoms with E-state index in [9.17, 15) is 20.0 Å². The van der Waals surface area contributed by atoms with Gasteiger partial charge in [0, 0.05) is 23.3 Å². The smallest absolute Gasteiger partial charge is 0.273 e. The molecule has 0 saturated heterocycles. The normalized spacial score (nSPS) is 10.0. The third-order valence-corrected chi connectivity index (χ3v) is 3.55. The number of nitrogens with one attached hydrogen (secondary N) is 2. The van der Waals surface area contributed by atoms with E-state index in [0.29, 0.717) is 11.3 Å². The Morgan fingerprint density at radius 3 is 2.64 bits per heavy atom. The molecule has 3 N–H and O–H groups in total. The van der Waals surface area contributed by atoms with Crippen LogP contribution in [0, 0.1) is 17.0 Å². The van der Waals surface area contributed by atoms with Crippen LogP contribution in [0.3, 0.4) is 0 Å². The summed E-state index contributed by atoms with van der Waals surface area (Å²) in [7, 11) is 1.47. The van der Waals surface area contributed by atoms with Crippen LogP contribution in [0.1, 0.15) is 15.9 Å². The molecule has 0 heterocycles. The lowest BCUT2D eigenvalue weighted by Gasteiger charge is -2.12. The first-order valence-corrected chi connectivity index (χ1v) is 7.47. The fraction of sp³-hybridized carbons (Fsp3) is 0.125. The summed E-state index contributed by atoms with van der Waals surface area (Å²) in [5.74, 6) is -0.199. The number of ether oxygens (including phenoxy) is 1. The number of rotatable bonds is 4. The number of benzene rings is 2. The summed E-state index contributed by atoms with van der Waals surface area (Å²) in [5, 5.41) is 25.7. The maximum Gasteiger partial charge on any atom is 0.273 e. The largest absolute Gasteiger partial charge is 0.506 e. The van der Waals surface area contributed by atoms with Crippen LogP contribution in [0.5, 0.6) is 11.5 Å². The highest BCUT2D eigenvalue weighted by Gasteiger charge is 2.16. The Kier molecular flexibility index (Phi) is 5.50. The van der Waals surface area contributed by atoms with Crippen molar-refractivity contribution in [1.29, 1.82) is 0 Å². The summed E-state index contributed by atoms with van der Waals surface area (Å²) in [4.78, 5) is 22.6. The number of nitro benzene ring substituents is 1. The highest BCUT2D eigenvalue weighted by Crippen LogP contribution is 2.27. The maximum atomic E-state index is 12.2. The molecule has 0 radical (unpaired) electrons. The van der Waals surface area contributed by atoms with E-state index in [1.54, 1.807) is 13.0 Å². The number of phenols is 1. The monoisotopic (exact) mass is 361 g/mol. The molecule has 0 bridgehead atoms. The first-order valence-electron chi connectivity index (χ1n) is 7.06. The number of hydrogen-bond acceptors (Lipinski definition) is 6. The van der Waals surface area contributed by atoms with E-state index in [1.165, 1.54) is 37.4 Å². The van der Waals surface area contributed by atoms with Gasteiger partial charge in [0.2, 0.25) is 0 Å². The van der Waals surface area contributed by atoms with Gasteiger partial charge in [0.15, 0.2) is 5.11 Å². The van der Waals surface area contributed by atoms with E-state index >= 15 is 0 Å². The van der Waals surface area contributed by atoms with Crippen molar-refractivity contribution in [1.82, 2.24) is 5.32 Å². The molecule has 1 amide bonds. The molecule has 0 atom stereocenters. The fourth-order valence-corrected chi connectivity index (χ4v) is 2.22. The van der Waals surface area contributed by atoms with Crippen LogP contribution >= 0.6 is 12.2 Å². The Morgan fingerprint density at radius 2 is 2.00 bits per heavy atom. The number of anilines is 1. The number of amides is 1. The number of nitro groups is 1. The third kappa shape index (κ3) is 4.42. The summed E-state index contributed by atoms with van der Waals surface area (Å²) < 4.78 is 5.04. The molecule has 0 aromatic heterocycles. The maximum absolute atomic E-state index is 12.2. The van der Waals surface area contributed by atoms with E-state index in [2.05, 4.69) is 10.6 Å². The van der Waals surface area contributed by atoms with Crippen molar-refractivity contribution in [2.45, 2.75) is 6.92 Å².